The van der Waals surface area contributed by atoms with E-state index in [4.69, 9.17) is 5.73 Å². The average molecular weight is 280 g/mol. The van der Waals surface area contributed by atoms with E-state index in [-0.39, 0.29) is 0 Å². The second kappa shape index (κ2) is 8.38. The standard InChI is InChI=1S/C18H36N2/c1-15-13-16(2)20(14-15)18-12-10-8-6-4-3-5-7-9-11-17(18)19/h15-18H,3-14,19H2,1-2H3. The Hall–Kier alpha value is -0.0800. The lowest BCUT2D eigenvalue weighted by Gasteiger charge is -2.36. The third-order valence-electron chi connectivity index (χ3n) is 5.54. The summed E-state index contributed by atoms with van der Waals surface area (Å²) in [5, 5.41) is 0. The molecule has 0 bridgehead atoms. The van der Waals surface area contributed by atoms with E-state index in [0.29, 0.717) is 12.1 Å². The highest BCUT2D eigenvalue weighted by Crippen LogP contribution is 2.29. The fraction of sp³-hybridized carbons (Fsp3) is 1.00. The van der Waals surface area contributed by atoms with Gasteiger partial charge in [0.05, 0.1) is 0 Å². The summed E-state index contributed by atoms with van der Waals surface area (Å²) in [6.45, 7) is 6.09. The molecule has 0 aromatic rings. The summed E-state index contributed by atoms with van der Waals surface area (Å²) in [4.78, 5) is 2.75. The second-order valence-electron chi connectivity index (χ2n) is 7.52. The van der Waals surface area contributed by atoms with Crippen LogP contribution in [-0.4, -0.2) is 29.6 Å². The van der Waals surface area contributed by atoms with Crippen LogP contribution in [0.2, 0.25) is 0 Å². The molecule has 2 heteroatoms. The Balaban J connectivity index is 1.93. The number of rotatable bonds is 1. The highest BCUT2D eigenvalue weighted by Gasteiger charge is 2.34. The molecule has 1 aliphatic heterocycles. The van der Waals surface area contributed by atoms with Gasteiger partial charge < -0.3 is 5.73 Å². The van der Waals surface area contributed by atoms with Crippen LogP contribution in [0.15, 0.2) is 0 Å². The van der Waals surface area contributed by atoms with Gasteiger partial charge in [-0.1, -0.05) is 58.3 Å². The summed E-state index contributed by atoms with van der Waals surface area (Å²) in [6, 6.07) is 1.80. The van der Waals surface area contributed by atoms with Crippen LogP contribution in [0.25, 0.3) is 0 Å². The molecule has 1 saturated heterocycles. The third-order valence-corrected chi connectivity index (χ3v) is 5.54. The molecule has 2 rings (SSSR count). The molecule has 2 nitrogen and oxygen atoms in total. The molecule has 0 spiro atoms. The minimum absolute atomic E-state index is 0.405. The molecule has 0 aromatic carbocycles. The molecular formula is C18H36N2. The van der Waals surface area contributed by atoms with Gasteiger partial charge in [-0.2, -0.15) is 0 Å². The van der Waals surface area contributed by atoms with E-state index in [2.05, 4.69) is 18.7 Å². The molecule has 4 unspecified atom stereocenters. The Bertz CT molecular complexity index is 266. The van der Waals surface area contributed by atoms with Gasteiger partial charge in [0.2, 0.25) is 0 Å². The lowest BCUT2D eigenvalue weighted by atomic mass is 9.93. The second-order valence-corrected chi connectivity index (χ2v) is 7.52. The quantitative estimate of drug-likeness (QED) is 0.774. The van der Waals surface area contributed by atoms with Crippen molar-refractivity contribution in [3.8, 4) is 0 Å². The summed E-state index contributed by atoms with van der Waals surface area (Å²) in [5.41, 5.74) is 6.60. The maximum atomic E-state index is 6.60. The number of nitrogens with zero attached hydrogens (tertiary/aromatic N) is 1. The molecule has 2 fully saturated rings. The van der Waals surface area contributed by atoms with Crippen molar-refractivity contribution in [2.75, 3.05) is 6.54 Å². The van der Waals surface area contributed by atoms with Crippen LogP contribution in [-0.2, 0) is 0 Å². The largest absolute Gasteiger partial charge is 0.326 e. The van der Waals surface area contributed by atoms with Gasteiger partial charge in [-0.15, -0.1) is 0 Å². The van der Waals surface area contributed by atoms with Gasteiger partial charge in [0, 0.05) is 24.7 Å². The summed E-state index contributed by atoms with van der Waals surface area (Å²) in [6.07, 6.45) is 15.2. The van der Waals surface area contributed by atoms with Crippen molar-refractivity contribution >= 4 is 0 Å². The van der Waals surface area contributed by atoms with Crippen molar-refractivity contribution in [3.63, 3.8) is 0 Å². The Morgan fingerprint density at radius 1 is 0.800 bits per heavy atom. The summed E-state index contributed by atoms with van der Waals surface area (Å²) in [7, 11) is 0. The van der Waals surface area contributed by atoms with E-state index in [9.17, 15) is 0 Å². The maximum absolute atomic E-state index is 6.60. The SMILES string of the molecule is CC1CC(C)N(C2CCCCCCCCCCC2N)C1. The number of hydrogen-bond donors (Lipinski definition) is 1. The highest BCUT2D eigenvalue weighted by molar-refractivity contribution is 4.90. The lowest BCUT2D eigenvalue weighted by Crippen LogP contribution is -2.49. The summed E-state index contributed by atoms with van der Waals surface area (Å²) < 4.78 is 0. The van der Waals surface area contributed by atoms with Crippen molar-refractivity contribution in [2.45, 2.75) is 103 Å². The Morgan fingerprint density at radius 3 is 1.90 bits per heavy atom. The minimum Gasteiger partial charge on any atom is -0.326 e. The first-order valence-corrected chi connectivity index (χ1v) is 9.20. The van der Waals surface area contributed by atoms with Crippen LogP contribution in [0.5, 0.6) is 0 Å². The Labute approximate surface area is 126 Å². The molecule has 118 valence electrons. The van der Waals surface area contributed by atoms with Crippen LogP contribution in [0, 0.1) is 5.92 Å². The van der Waals surface area contributed by atoms with E-state index < -0.39 is 0 Å². The molecule has 4 atom stereocenters. The van der Waals surface area contributed by atoms with Gasteiger partial charge in [-0.05, 0) is 32.1 Å². The number of likely N-dealkylation sites (tertiary alicyclic amines) is 1. The molecule has 2 N–H and O–H groups in total. The maximum Gasteiger partial charge on any atom is 0.0250 e. The van der Waals surface area contributed by atoms with E-state index in [1.165, 1.54) is 77.2 Å². The monoisotopic (exact) mass is 280 g/mol. The molecule has 20 heavy (non-hydrogen) atoms. The summed E-state index contributed by atoms with van der Waals surface area (Å²) in [5.74, 6) is 0.860. The Morgan fingerprint density at radius 2 is 1.35 bits per heavy atom. The molecule has 0 aromatic heterocycles. The van der Waals surface area contributed by atoms with Crippen LogP contribution < -0.4 is 5.73 Å². The molecule has 1 saturated carbocycles. The highest BCUT2D eigenvalue weighted by atomic mass is 15.2. The smallest absolute Gasteiger partial charge is 0.0250 e. The van der Waals surface area contributed by atoms with Crippen LogP contribution in [0.4, 0.5) is 0 Å². The fourth-order valence-electron chi connectivity index (χ4n) is 4.41. The van der Waals surface area contributed by atoms with Gasteiger partial charge in [0.25, 0.3) is 0 Å². The average Bonchev–Trinajstić information content (AvgIpc) is 2.73. The van der Waals surface area contributed by atoms with Crippen molar-refractivity contribution in [2.24, 2.45) is 11.7 Å². The molecular weight excluding hydrogens is 244 g/mol. The van der Waals surface area contributed by atoms with E-state index >= 15 is 0 Å². The molecule has 1 aliphatic carbocycles. The molecule has 0 amide bonds. The molecule has 2 aliphatic rings. The van der Waals surface area contributed by atoms with Crippen molar-refractivity contribution in [1.29, 1.82) is 0 Å². The van der Waals surface area contributed by atoms with Crippen LogP contribution in [0.3, 0.4) is 0 Å². The fourth-order valence-corrected chi connectivity index (χ4v) is 4.41. The van der Waals surface area contributed by atoms with Gasteiger partial charge >= 0.3 is 0 Å². The first-order valence-electron chi connectivity index (χ1n) is 9.20. The van der Waals surface area contributed by atoms with Gasteiger partial charge in [-0.25, -0.2) is 0 Å². The third kappa shape index (κ3) is 4.73. The van der Waals surface area contributed by atoms with Crippen molar-refractivity contribution in [1.82, 2.24) is 4.90 Å². The van der Waals surface area contributed by atoms with Gasteiger partial charge in [0.15, 0.2) is 0 Å². The Kier molecular flexibility index (Phi) is 6.83. The zero-order valence-corrected chi connectivity index (χ0v) is 13.8. The lowest BCUT2D eigenvalue weighted by molar-refractivity contribution is 0.144. The van der Waals surface area contributed by atoms with E-state index in [1.54, 1.807) is 0 Å². The van der Waals surface area contributed by atoms with Gasteiger partial charge in [-0.3, -0.25) is 4.90 Å². The predicted molar refractivity (Wildman–Crippen MR) is 87.9 cm³/mol. The van der Waals surface area contributed by atoms with E-state index in [1.807, 2.05) is 0 Å². The number of nitrogens with two attached hydrogens (primary N) is 1. The first-order chi connectivity index (χ1) is 9.68. The molecule has 0 radical (unpaired) electrons. The topological polar surface area (TPSA) is 29.3 Å². The van der Waals surface area contributed by atoms with E-state index in [0.717, 1.165) is 12.0 Å². The zero-order valence-electron chi connectivity index (χ0n) is 13.8. The minimum atomic E-state index is 0.405. The van der Waals surface area contributed by atoms with Crippen molar-refractivity contribution in [3.05, 3.63) is 0 Å². The normalized spacial score (nSPS) is 39.1. The zero-order chi connectivity index (χ0) is 14.4. The van der Waals surface area contributed by atoms with Gasteiger partial charge in [0.1, 0.15) is 0 Å². The number of hydrogen-bond acceptors (Lipinski definition) is 2. The van der Waals surface area contributed by atoms with Crippen LogP contribution >= 0.6 is 0 Å². The molecule has 1 heterocycles. The first kappa shape index (κ1) is 16.3. The summed E-state index contributed by atoms with van der Waals surface area (Å²) >= 11 is 0. The predicted octanol–water partition coefficient (Wildman–Crippen LogP) is 4.33. The van der Waals surface area contributed by atoms with Crippen LogP contribution in [0.1, 0.15) is 84.5 Å². The van der Waals surface area contributed by atoms with Crippen molar-refractivity contribution < 1.29 is 0 Å².